The van der Waals surface area contributed by atoms with Crippen LogP contribution in [0.25, 0.3) is 0 Å². The monoisotopic (exact) mass is 301 g/mol. The molecule has 112 valence electrons. The molecule has 0 heterocycles. The van der Waals surface area contributed by atoms with Crippen LogP contribution in [0.1, 0.15) is 31.1 Å². The van der Waals surface area contributed by atoms with Crippen LogP contribution in [0.15, 0.2) is 42.5 Å². The summed E-state index contributed by atoms with van der Waals surface area (Å²) < 4.78 is 13.5. The Morgan fingerprint density at radius 1 is 0.909 bits per heavy atom. The van der Waals surface area contributed by atoms with Crippen molar-refractivity contribution in [2.75, 3.05) is 5.32 Å². The van der Waals surface area contributed by atoms with Crippen LogP contribution in [0, 0.1) is 5.82 Å². The van der Waals surface area contributed by atoms with Gasteiger partial charge in [-0.1, -0.05) is 12.1 Å². The van der Waals surface area contributed by atoms with E-state index in [0.29, 0.717) is 0 Å². The molecule has 0 unspecified atom stereocenters. The number of benzene rings is 2. The van der Waals surface area contributed by atoms with E-state index in [2.05, 4.69) is 5.32 Å². The third kappa shape index (κ3) is 3.26. The minimum atomic E-state index is -0.788. The van der Waals surface area contributed by atoms with Crippen LogP contribution in [0.3, 0.4) is 0 Å². The Morgan fingerprint density at radius 3 is 1.95 bits per heavy atom. The molecular formula is C15H12FN3O3. The van der Waals surface area contributed by atoms with Crippen molar-refractivity contribution in [1.29, 1.82) is 0 Å². The van der Waals surface area contributed by atoms with Crippen molar-refractivity contribution in [3.8, 4) is 0 Å². The van der Waals surface area contributed by atoms with Crippen molar-refractivity contribution < 1.29 is 18.8 Å². The number of halogens is 1. The van der Waals surface area contributed by atoms with Gasteiger partial charge in [0.1, 0.15) is 5.82 Å². The molecule has 3 amide bonds. The van der Waals surface area contributed by atoms with E-state index in [-0.39, 0.29) is 22.4 Å². The number of hydrogen-bond donors (Lipinski definition) is 3. The van der Waals surface area contributed by atoms with Crippen LogP contribution in [0.4, 0.5) is 10.1 Å². The summed E-state index contributed by atoms with van der Waals surface area (Å²) in [6.45, 7) is 0. The highest BCUT2D eigenvalue weighted by Crippen LogP contribution is 2.17. The molecule has 0 fully saturated rings. The standard InChI is InChI=1S/C15H12FN3O3/c16-12-4-2-1-3-11(12)15(22)19-10-6-8(13(17)20)5-9(7-10)14(18)21/h1-7H,(H2,17,20)(H2,18,21)(H,19,22). The zero-order valence-electron chi connectivity index (χ0n) is 11.3. The largest absolute Gasteiger partial charge is 0.366 e. The van der Waals surface area contributed by atoms with Gasteiger partial charge in [0.15, 0.2) is 0 Å². The summed E-state index contributed by atoms with van der Waals surface area (Å²) in [5, 5.41) is 2.40. The first-order valence-electron chi connectivity index (χ1n) is 6.19. The smallest absolute Gasteiger partial charge is 0.258 e. The number of hydrogen-bond acceptors (Lipinski definition) is 3. The Bertz CT molecular complexity index is 742. The summed E-state index contributed by atoms with van der Waals surface area (Å²) in [5.41, 5.74) is 10.2. The number of anilines is 1. The Kier molecular flexibility index (Phi) is 4.17. The molecule has 0 aliphatic rings. The fourth-order valence-corrected chi connectivity index (χ4v) is 1.83. The first-order chi connectivity index (χ1) is 10.4. The number of carbonyl (C=O) groups is 3. The molecule has 0 aromatic heterocycles. The highest BCUT2D eigenvalue weighted by atomic mass is 19.1. The molecule has 0 saturated carbocycles. The van der Waals surface area contributed by atoms with Gasteiger partial charge in [-0.2, -0.15) is 0 Å². The van der Waals surface area contributed by atoms with Crippen molar-refractivity contribution >= 4 is 23.4 Å². The lowest BCUT2D eigenvalue weighted by molar-refractivity contribution is 0.0993. The number of nitrogens with one attached hydrogen (secondary N) is 1. The van der Waals surface area contributed by atoms with Crippen LogP contribution in [0.5, 0.6) is 0 Å². The second kappa shape index (κ2) is 6.04. The van der Waals surface area contributed by atoms with Gasteiger partial charge < -0.3 is 16.8 Å². The van der Waals surface area contributed by atoms with Gasteiger partial charge in [-0.3, -0.25) is 14.4 Å². The Balaban J connectivity index is 2.37. The molecule has 0 saturated heterocycles. The van der Waals surface area contributed by atoms with Crippen molar-refractivity contribution in [3.05, 3.63) is 65.0 Å². The van der Waals surface area contributed by atoms with Crippen LogP contribution >= 0.6 is 0 Å². The number of rotatable bonds is 4. The number of amides is 3. The molecule has 0 spiro atoms. The third-order valence-electron chi connectivity index (χ3n) is 2.88. The average Bonchev–Trinajstić information content (AvgIpc) is 2.47. The van der Waals surface area contributed by atoms with E-state index in [1.165, 1.54) is 36.4 Å². The van der Waals surface area contributed by atoms with Gasteiger partial charge in [-0.05, 0) is 30.3 Å². The molecule has 0 aliphatic carbocycles. The Labute approximate surface area is 124 Å². The van der Waals surface area contributed by atoms with E-state index in [9.17, 15) is 18.8 Å². The van der Waals surface area contributed by atoms with E-state index in [4.69, 9.17) is 11.5 Å². The van der Waals surface area contributed by atoms with Gasteiger partial charge in [0, 0.05) is 16.8 Å². The first-order valence-corrected chi connectivity index (χ1v) is 6.19. The van der Waals surface area contributed by atoms with E-state index >= 15 is 0 Å². The lowest BCUT2D eigenvalue weighted by atomic mass is 10.1. The van der Waals surface area contributed by atoms with Crippen LogP contribution in [-0.2, 0) is 0 Å². The predicted octanol–water partition coefficient (Wildman–Crippen LogP) is 1.28. The van der Waals surface area contributed by atoms with Crippen molar-refractivity contribution in [2.45, 2.75) is 0 Å². The van der Waals surface area contributed by atoms with Crippen LogP contribution < -0.4 is 16.8 Å². The summed E-state index contributed by atoms with van der Waals surface area (Å²) in [4.78, 5) is 34.5. The second-order valence-electron chi connectivity index (χ2n) is 4.46. The van der Waals surface area contributed by atoms with E-state index in [0.717, 1.165) is 6.07 Å². The maximum Gasteiger partial charge on any atom is 0.258 e. The lowest BCUT2D eigenvalue weighted by Crippen LogP contribution is -2.18. The fraction of sp³-hybridized carbons (Fsp3) is 0. The van der Waals surface area contributed by atoms with E-state index in [1.807, 2.05) is 0 Å². The zero-order valence-corrected chi connectivity index (χ0v) is 11.3. The summed E-state index contributed by atoms with van der Waals surface area (Å²) in [6, 6.07) is 9.16. The quantitative estimate of drug-likeness (QED) is 0.789. The Morgan fingerprint density at radius 2 is 1.45 bits per heavy atom. The second-order valence-corrected chi connectivity index (χ2v) is 4.46. The molecule has 7 heteroatoms. The molecular weight excluding hydrogens is 289 g/mol. The first kappa shape index (κ1) is 15.2. The molecule has 0 bridgehead atoms. The van der Waals surface area contributed by atoms with Crippen LogP contribution in [0.2, 0.25) is 0 Å². The maximum absolute atomic E-state index is 13.5. The van der Waals surface area contributed by atoms with E-state index in [1.54, 1.807) is 0 Å². The number of nitrogens with two attached hydrogens (primary N) is 2. The fourth-order valence-electron chi connectivity index (χ4n) is 1.83. The van der Waals surface area contributed by atoms with Crippen molar-refractivity contribution in [1.82, 2.24) is 0 Å². The molecule has 2 aromatic carbocycles. The molecule has 2 rings (SSSR count). The van der Waals surface area contributed by atoms with E-state index < -0.39 is 23.5 Å². The Hall–Kier alpha value is -3.22. The van der Waals surface area contributed by atoms with Gasteiger partial charge in [0.05, 0.1) is 5.56 Å². The minimum absolute atomic E-state index is 0.000124. The summed E-state index contributed by atoms with van der Waals surface area (Å²) in [5.74, 6) is -3.00. The zero-order chi connectivity index (χ0) is 16.3. The molecule has 0 aliphatic heterocycles. The summed E-state index contributed by atoms with van der Waals surface area (Å²) in [6.07, 6.45) is 0. The third-order valence-corrected chi connectivity index (χ3v) is 2.88. The molecule has 0 radical (unpaired) electrons. The van der Waals surface area contributed by atoms with Gasteiger partial charge in [-0.25, -0.2) is 4.39 Å². The van der Waals surface area contributed by atoms with Crippen LogP contribution in [-0.4, -0.2) is 17.7 Å². The minimum Gasteiger partial charge on any atom is -0.366 e. The molecule has 22 heavy (non-hydrogen) atoms. The summed E-state index contributed by atoms with van der Waals surface area (Å²) in [7, 11) is 0. The molecule has 0 atom stereocenters. The summed E-state index contributed by atoms with van der Waals surface area (Å²) >= 11 is 0. The number of carbonyl (C=O) groups excluding carboxylic acids is 3. The highest BCUT2D eigenvalue weighted by Gasteiger charge is 2.14. The topological polar surface area (TPSA) is 115 Å². The molecule has 5 N–H and O–H groups in total. The maximum atomic E-state index is 13.5. The van der Waals surface area contributed by atoms with Gasteiger partial charge in [0.25, 0.3) is 5.91 Å². The highest BCUT2D eigenvalue weighted by molar-refractivity contribution is 6.06. The van der Waals surface area contributed by atoms with Gasteiger partial charge in [0.2, 0.25) is 11.8 Å². The molecule has 2 aromatic rings. The van der Waals surface area contributed by atoms with Gasteiger partial charge in [-0.15, -0.1) is 0 Å². The predicted molar refractivity (Wildman–Crippen MR) is 77.8 cm³/mol. The number of primary amides is 2. The average molecular weight is 301 g/mol. The van der Waals surface area contributed by atoms with Crippen molar-refractivity contribution in [2.24, 2.45) is 11.5 Å². The molecule has 6 nitrogen and oxygen atoms in total. The van der Waals surface area contributed by atoms with Crippen molar-refractivity contribution in [3.63, 3.8) is 0 Å². The lowest BCUT2D eigenvalue weighted by Gasteiger charge is -2.09. The van der Waals surface area contributed by atoms with Gasteiger partial charge >= 0.3 is 0 Å². The SMILES string of the molecule is NC(=O)c1cc(NC(=O)c2ccccc2F)cc(C(N)=O)c1. The normalized spacial score (nSPS) is 10.0.